The number of rotatable bonds is 11. The van der Waals surface area contributed by atoms with E-state index < -0.39 is 37.1 Å². The molecule has 2 atom stereocenters. The van der Waals surface area contributed by atoms with Crippen molar-refractivity contribution in [2.75, 3.05) is 49.6 Å². The van der Waals surface area contributed by atoms with Gasteiger partial charge >= 0.3 is 0 Å². The van der Waals surface area contributed by atoms with Gasteiger partial charge in [0.05, 0.1) is 29.1 Å². The molecule has 12 heteroatoms. The number of hydrogen-bond acceptors (Lipinski definition) is 9. The van der Waals surface area contributed by atoms with E-state index in [1.807, 2.05) is 18.2 Å². The summed E-state index contributed by atoms with van der Waals surface area (Å²) in [6.07, 6.45) is 6.75. The number of amides is 1. The number of benzene rings is 4. The van der Waals surface area contributed by atoms with Gasteiger partial charge in [0.1, 0.15) is 5.25 Å². The fourth-order valence-corrected chi connectivity index (χ4v) is 10.2. The number of anilines is 2. The Morgan fingerprint density at radius 1 is 0.833 bits per heavy atom. The molecule has 1 amide bonds. The minimum absolute atomic E-state index is 0.0702. The largest absolute Gasteiger partial charge is 0.378 e. The Balaban J connectivity index is 0.936. The average Bonchev–Trinajstić information content (AvgIpc) is 3.66. The summed E-state index contributed by atoms with van der Waals surface area (Å²) in [7, 11) is -7.80. The van der Waals surface area contributed by atoms with Gasteiger partial charge in [0.15, 0.2) is 9.84 Å². The summed E-state index contributed by atoms with van der Waals surface area (Å²) in [6.45, 7) is 8.41. The molecular weight excluding hydrogens is 721 g/mol. The van der Waals surface area contributed by atoms with E-state index in [9.17, 15) is 21.6 Å². The first-order valence-electron chi connectivity index (χ1n) is 18.3. The van der Waals surface area contributed by atoms with Crippen LogP contribution in [0.4, 0.5) is 11.4 Å². The second-order valence-corrected chi connectivity index (χ2v) is 18.1. The second kappa shape index (κ2) is 15.9. The van der Waals surface area contributed by atoms with Crippen molar-refractivity contribution in [1.29, 1.82) is 0 Å². The number of nitrogens with zero attached hydrogens (tertiary/aromatic N) is 2. The number of sulfone groups is 1. The zero-order chi connectivity index (χ0) is 37.9. The topological polar surface area (TPSA) is 125 Å². The summed E-state index contributed by atoms with van der Waals surface area (Å²) in [5.74, 6) is -0.722. The van der Waals surface area contributed by atoms with Crippen molar-refractivity contribution in [3.63, 3.8) is 0 Å². The third kappa shape index (κ3) is 8.32. The molecule has 1 aliphatic carbocycles. The Bertz CT molecular complexity index is 2280. The van der Waals surface area contributed by atoms with Crippen LogP contribution in [0.5, 0.6) is 0 Å². The molecule has 0 aromatic heterocycles. The molecule has 54 heavy (non-hydrogen) atoms. The smallest absolute Gasteiger partial charge is 0.264 e. The fourth-order valence-electron chi connectivity index (χ4n) is 7.26. The number of carbonyl (C=O) groups is 1. The maximum absolute atomic E-state index is 13.3. The molecule has 2 aliphatic heterocycles. The molecule has 4 aromatic rings. The molecule has 282 valence electrons. The molecule has 3 aliphatic rings. The van der Waals surface area contributed by atoms with Gasteiger partial charge in [0.25, 0.3) is 15.9 Å². The lowest BCUT2D eigenvalue weighted by Gasteiger charge is -2.36. The van der Waals surface area contributed by atoms with E-state index in [-0.39, 0.29) is 23.7 Å². The molecule has 0 radical (unpaired) electrons. The normalized spacial score (nSPS) is 19.4. The number of piperazine rings is 1. The Hall–Kier alpha value is -4.75. The fraction of sp³-hybridized carbons (Fsp3) is 0.310. The summed E-state index contributed by atoms with van der Waals surface area (Å²) in [6, 6.07) is 28.2. The average molecular weight is 767 g/mol. The van der Waals surface area contributed by atoms with Gasteiger partial charge in [-0.2, -0.15) is 0 Å². The van der Waals surface area contributed by atoms with Crippen LogP contribution in [0.2, 0.25) is 0 Å². The SMILES string of the molecule is Cc1ccc(-c2ccccc2CN2CCN(c3ccc(C(=O)NS(=O)(=O)c4ccc(NC5COCC5S(=O)(=O)C5=CCCC=C5)c(C)c4)cc3)CC2)cc1. The summed E-state index contributed by atoms with van der Waals surface area (Å²) in [5, 5.41) is 2.49. The lowest BCUT2D eigenvalue weighted by molar-refractivity contribution is 0.0981. The van der Waals surface area contributed by atoms with Gasteiger partial charge in [0, 0.05) is 49.7 Å². The molecule has 2 unspecified atom stereocenters. The van der Waals surface area contributed by atoms with E-state index >= 15 is 0 Å². The van der Waals surface area contributed by atoms with Crippen molar-refractivity contribution in [2.45, 2.75) is 49.4 Å². The first-order chi connectivity index (χ1) is 26.0. The molecule has 2 fully saturated rings. The van der Waals surface area contributed by atoms with Gasteiger partial charge in [-0.3, -0.25) is 9.69 Å². The Kier molecular flexibility index (Phi) is 11.1. The molecule has 0 saturated carbocycles. The quantitative estimate of drug-likeness (QED) is 0.183. The molecule has 7 rings (SSSR count). The van der Waals surface area contributed by atoms with Gasteiger partial charge in [-0.05, 0) is 97.5 Å². The Labute approximate surface area is 318 Å². The van der Waals surface area contributed by atoms with Crippen LogP contribution < -0.4 is 14.9 Å². The van der Waals surface area contributed by atoms with Crippen LogP contribution in [0.3, 0.4) is 0 Å². The van der Waals surface area contributed by atoms with E-state index in [4.69, 9.17) is 4.74 Å². The van der Waals surface area contributed by atoms with E-state index in [0.717, 1.165) is 44.8 Å². The maximum atomic E-state index is 13.3. The maximum Gasteiger partial charge on any atom is 0.264 e. The van der Waals surface area contributed by atoms with Crippen molar-refractivity contribution in [3.8, 4) is 11.1 Å². The van der Waals surface area contributed by atoms with E-state index in [1.54, 1.807) is 37.3 Å². The van der Waals surface area contributed by atoms with E-state index in [1.165, 1.54) is 34.4 Å². The van der Waals surface area contributed by atoms with E-state index in [2.05, 4.69) is 75.3 Å². The van der Waals surface area contributed by atoms with Crippen LogP contribution in [0, 0.1) is 13.8 Å². The summed E-state index contributed by atoms with van der Waals surface area (Å²) < 4.78 is 61.0. The molecular formula is C42H46N4O6S2. The molecule has 2 N–H and O–H groups in total. The zero-order valence-corrected chi connectivity index (χ0v) is 32.2. The van der Waals surface area contributed by atoms with Gasteiger partial charge in [-0.15, -0.1) is 0 Å². The van der Waals surface area contributed by atoms with Gasteiger partial charge in [-0.25, -0.2) is 21.6 Å². The number of carbonyl (C=O) groups excluding carboxylic acids is 1. The van der Waals surface area contributed by atoms with Crippen molar-refractivity contribution in [1.82, 2.24) is 9.62 Å². The Morgan fingerprint density at radius 2 is 1.57 bits per heavy atom. The number of allylic oxidation sites excluding steroid dienone is 3. The predicted molar refractivity (Wildman–Crippen MR) is 214 cm³/mol. The summed E-state index contributed by atoms with van der Waals surface area (Å²) >= 11 is 0. The second-order valence-electron chi connectivity index (χ2n) is 14.2. The number of hydrogen-bond donors (Lipinski definition) is 2. The molecule has 2 saturated heterocycles. The van der Waals surface area contributed by atoms with Crippen LogP contribution in [0.25, 0.3) is 11.1 Å². The van der Waals surface area contributed by atoms with Crippen molar-refractivity contribution in [3.05, 3.63) is 136 Å². The van der Waals surface area contributed by atoms with Crippen LogP contribution in [0.15, 0.2) is 119 Å². The third-order valence-electron chi connectivity index (χ3n) is 10.4. The lowest BCUT2D eigenvalue weighted by Crippen LogP contribution is -2.46. The van der Waals surface area contributed by atoms with Crippen LogP contribution >= 0.6 is 0 Å². The number of aryl methyl sites for hydroxylation is 2. The first kappa shape index (κ1) is 37.6. The van der Waals surface area contributed by atoms with Crippen LogP contribution in [-0.2, 0) is 31.1 Å². The van der Waals surface area contributed by atoms with Crippen molar-refractivity contribution in [2.24, 2.45) is 0 Å². The van der Waals surface area contributed by atoms with Crippen LogP contribution in [-0.4, -0.2) is 78.3 Å². The lowest BCUT2D eigenvalue weighted by atomic mass is 9.98. The summed E-state index contributed by atoms with van der Waals surface area (Å²) in [5.41, 5.74) is 7.40. The van der Waals surface area contributed by atoms with Gasteiger partial charge in [-0.1, -0.05) is 66.2 Å². The van der Waals surface area contributed by atoms with Gasteiger partial charge in [0.2, 0.25) is 0 Å². The highest BCUT2D eigenvalue weighted by Crippen LogP contribution is 2.30. The van der Waals surface area contributed by atoms with Gasteiger partial charge < -0.3 is 15.0 Å². The highest BCUT2D eigenvalue weighted by atomic mass is 32.2. The van der Waals surface area contributed by atoms with Crippen molar-refractivity contribution >= 4 is 37.1 Å². The Morgan fingerprint density at radius 3 is 2.28 bits per heavy atom. The third-order valence-corrected chi connectivity index (χ3v) is 14.0. The number of sulfonamides is 1. The minimum Gasteiger partial charge on any atom is -0.378 e. The molecule has 0 spiro atoms. The zero-order valence-electron chi connectivity index (χ0n) is 30.6. The van der Waals surface area contributed by atoms with Crippen LogP contribution in [0.1, 0.15) is 39.9 Å². The monoisotopic (exact) mass is 766 g/mol. The van der Waals surface area contributed by atoms with E-state index in [0.29, 0.717) is 22.6 Å². The number of ether oxygens (including phenoxy) is 1. The minimum atomic E-state index is -4.19. The standard InChI is InChI=1S/C42H46N4O6S2/c1-30-12-14-32(15-13-30)38-11-7-6-8-34(38)27-45-22-24-46(25-23-45)35-18-16-33(17-19-35)42(47)44-54(50,51)37-20-21-39(31(2)26-37)43-40-28-52-29-41(40)53(48,49)36-9-4-3-5-10-36/h4,6-21,26,40-41,43H,3,5,22-25,27-29H2,1-2H3,(H,44,47). The summed E-state index contributed by atoms with van der Waals surface area (Å²) in [4.78, 5) is 18.1. The number of nitrogens with one attached hydrogen (secondary N) is 2. The molecule has 4 aromatic carbocycles. The first-order valence-corrected chi connectivity index (χ1v) is 21.4. The van der Waals surface area contributed by atoms with Crippen molar-refractivity contribution < 1.29 is 26.4 Å². The molecule has 2 heterocycles. The highest BCUT2D eigenvalue weighted by Gasteiger charge is 2.40. The molecule has 0 bridgehead atoms. The molecule has 10 nitrogen and oxygen atoms in total. The highest BCUT2D eigenvalue weighted by molar-refractivity contribution is 7.96. The predicted octanol–water partition coefficient (Wildman–Crippen LogP) is 6.24.